The first-order valence-corrected chi connectivity index (χ1v) is 5.56. The van der Waals surface area contributed by atoms with Crippen LogP contribution in [0.15, 0.2) is 36.5 Å². The molecule has 0 saturated heterocycles. The third-order valence-electron chi connectivity index (χ3n) is 2.56. The lowest BCUT2D eigenvalue weighted by atomic mass is 10.1. The molecule has 2 aromatic rings. The van der Waals surface area contributed by atoms with Gasteiger partial charge in [-0.2, -0.15) is 0 Å². The molecule has 0 aliphatic carbocycles. The van der Waals surface area contributed by atoms with Gasteiger partial charge < -0.3 is 21.5 Å². The topological polar surface area (TPSA) is 103 Å². The second kappa shape index (κ2) is 5.26. The highest BCUT2D eigenvalue weighted by molar-refractivity contribution is 5.95. The minimum Gasteiger partial charge on any atom is -0.481 e. The number of primary amides is 1. The Balaban J connectivity index is 2.20. The largest absolute Gasteiger partial charge is 0.481 e. The van der Waals surface area contributed by atoms with E-state index in [4.69, 9.17) is 16.2 Å². The Hall–Kier alpha value is -2.76. The Morgan fingerprint density at radius 2 is 2.11 bits per heavy atom. The van der Waals surface area contributed by atoms with Crippen molar-refractivity contribution in [2.24, 2.45) is 5.73 Å². The molecule has 1 heterocycles. The Bertz CT molecular complexity index is 596. The summed E-state index contributed by atoms with van der Waals surface area (Å²) in [5.74, 6) is 0.0203. The van der Waals surface area contributed by atoms with Gasteiger partial charge in [0.15, 0.2) is 0 Å². The Morgan fingerprint density at radius 3 is 2.63 bits per heavy atom. The monoisotopic (exact) mass is 258 g/mol. The van der Waals surface area contributed by atoms with Crippen molar-refractivity contribution >= 4 is 23.0 Å². The molecular formula is C13H14N4O2. The number of anilines is 3. The summed E-state index contributed by atoms with van der Waals surface area (Å²) in [6, 6.07) is 8.38. The van der Waals surface area contributed by atoms with Gasteiger partial charge in [-0.05, 0) is 24.3 Å². The van der Waals surface area contributed by atoms with Crippen LogP contribution in [0.25, 0.3) is 0 Å². The number of hydrogen-bond donors (Lipinski definition) is 3. The summed E-state index contributed by atoms with van der Waals surface area (Å²) in [4.78, 5) is 15.1. The van der Waals surface area contributed by atoms with Crippen molar-refractivity contribution in [1.82, 2.24) is 4.98 Å². The van der Waals surface area contributed by atoms with Crippen LogP contribution in [-0.4, -0.2) is 18.0 Å². The number of aromatic nitrogens is 1. The summed E-state index contributed by atoms with van der Waals surface area (Å²) in [7, 11) is 1.55. The molecule has 0 unspecified atom stereocenters. The molecule has 0 atom stereocenters. The fourth-order valence-corrected chi connectivity index (χ4v) is 1.56. The number of hydrogen-bond acceptors (Lipinski definition) is 5. The standard InChI is InChI=1S/C13H14N4O2/c1-19-12-5-3-9(7-16-12)17-11-4-2-8(13(15)18)6-10(11)14/h2-7,17H,14H2,1H3,(H2,15,18). The average Bonchev–Trinajstić information content (AvgIpc) is 2.41. The lowest BCUT2D eigenvalue weighted by molar-refractivity contribution is 0.100. The van der Waals surface area contributed by atoms with Gasteiger partial charge in [0, 0.05) is 11.6 Å². The summed E-state index contributed by atoms with van der Waals surface area (Å²) < 4.78 is 4.97. The number of nitrogens with one attached hydrogen (secondary N) is 1. The molecule has 1 amide bonds. The van der Waals surface area contributed by atoms with Gasteiger partial charge in [-0.15, -0.1) is 0 Å². The van der Waals surface area contributed by atoms with Gasteiger partial charge in [-0.25, -0.2) is 4.98 Å². The summed E-state index contributed by atoms with van der Waals surface area (Å²) in [6.45, 7) is 0. The first kappa shape index (κ1) is 12.7. The molecule has 1 aromatic carbocycles. The van der Waals surface area contributed by atoms with Crippen LogP contribution in [0.5, 0.6) is 5.88 Å². The summed E-state index contributed by atoms with van der Waals surface area (Å²) in [5.41, 5.74) is 13.3. The first-order valence-electron chi connectivity index (χ1n) is 5.56. The molecule has 6 heteroatoms. The van der Waals surface area contributed by atoms with Crippen LogP contribution in [0.1, 0.15) is 10.4 Å². The number of carbonyl (C=O) groups excluding carboxylic acids is 1. The van der Waals surface area contributed by atoms with Gasteiger partial charge in [0.05, 0.1) is 30.4 Å². The zero-order valence-electron chi connectivity index (χ0n) is 10.4. The number of carbonyl (C=O) groups is 1. The lowest BCUT2D eigenvalue weighted by Gasteiger charge is -2.10. The number of nitrogens with two attached hydrogens (primary N) is 2. The van der Waals surface area contributed by atoms with Crippen LogP contribution >= 0.6 is 0 Å². The zero-order chi connectivity index (χ0) is 13.8. The SMILES string of the molecule is COc1ccc(Nc2ccc(C(N)=O)cc2N)cn1. The number of amides is 1. The summed E-state index contributed by atoms with van der Waals surface area (Å²) in [6.07, 6.45) is 1.63. The molecule has 0 saturated carbocycles. The van der Waals surface area contributed by atoms with E-state index in [1.165, 1.54) is 6.07 Å². The van der Waals surface area contributed by atoms with Gasteiger partial charge in [0.1, 0.15) is 0 Å². The summed E-state index contributed by atoms with van der Waals surface area (Å²) in [5, 5.41) is 3.09. The maximum Gasteiger partial charge on any atom is 0.248 e. The second-order valence-electron chi connectivity index (χ2n) is 3.88. The fraction of sp³-hybridized carbons (Fsp3) is 0.0769. The van der Waals surface area contributed by atoms with E-state index < -0.39 is 5.91 Å². The number of nitrogen functional groups attached to an aromatic ring is 1. The van der Waals surface area contributed by atoms with E-state index in [1.807, 2.05) is 6.07 Å². The predicted octanol–water partition coefficient (Wildman–Crippen LogP) is 1.51. The quantitative estimate of drug-likeness (QED) is 0.721. The third kappa shape index (κ3) is 2.92. The van der Waals surface area contributed by atoms with Crippen LogP contribution in [0.3, 0.4) is 0 Å². The van der Waals surface area contributed by atoms with Gasteiger partial charge >= 0.3 is 0 Å². The van der Waals surface area contributed by atoms with Gasteiger partial charge in [0.25, 0.3) is 0 Å². The highest BCUT2D eigenvalue weighted by Gasteiger charge is 2.05. The number of benzene rings is 1. The van der Waals surface area contributed by atoms with Gasteiger partial charge in [-0.3, -0.25) is 4.79 Å². The molecule has 5 N–H and O–H groups in total. The van der Waals surface area contributed by atoms with Crippen molar-refractivity contribution in [2.45, 2.75) is 0 Å². The van der Waals surface area contributed by atoms with Gasteiger partial charge in [-0.1, -0.05) is 0 Å². The fourth-order valence-electron chi connectivity index (χ4n) is 1.56. The molecule has 98 valence electrons. The lowest BCUT2D eigenvalue weighted by Crippen LogP contribution is -2.11. The van der Waals surface area contributed by atoms with Crippen molar-refractivity contribution < 1.29 is 9.53 Å². The van der Waals surface area contributed by atoms with E-state index in [-0.39, 0.29) is 0 Å². The van der Waals surface area contributed by atoms with Crippen molar-refractivity contribution in [3.63, 3.8) is 0 Å². The number of ether oxygens (including phenoxy) is 1. The van der Waals surface area contributed by atoms with Crippen LogP contribution in [-0.2, 0) is 0 Å². The Kier molecular flexibility index (Phi) is 3.51. The van der Waals surface area contributed by atoms with Crippen molar-refractivity contribution in [2.75, 3.05) is 18.2 Å². The van der Waals surface area contributed by atoms with E-state index in [0.29, 0.717) is 22.8 Å². The molecule has 1 aromatic heterocycles. The second-order valence-corrected chi connectivity index (χ2v) is 3.88. The van der Waals surface area contributed by atoms with E-state index in [0.717, 1.165) is 5.69 Å². The Labute approximate surface area is 110 Å². The molecule has 0 aliphatic heterocycles. The van der Waals surface area contributed by atoms with Crippen molar-refractivity contribution in [3.8, 4) is 5.88 Å². The van der Waals surface area contributed by atoms with Gasteiger partial charge in [0.2, 0.25) is 11.8 Å². The van der Waals surface area contributed by atoms with E-state index in [2.05, 4.69) is 10.3 Å². The number of rotatable bonds is 4. The van der Waals surface area contributed by atoms with Crippen molar-refractivity contribution in [1.29, 1.82) is 0 Å². The highest BCUT2D eigenvalue weighted by Crippen LogP contribution is 2.24. The smallest absolute Gasteiger partial charge is 0.248 e. The van der Waals surface area contributed by atoms with E-state index in [1.54, 1.807) is 31.5 Å². The highest BCUT2D eigenvalue weighted by atomic mass is 16.5. The molecule has 0 fully saturated rings. The molecule has 0 radical (unpaired) electrons. The molecule has 6 nitrogen and oxygen atoms in total. The van der Waals surface area contributed by atoms with Crippen molar-refractivity contribution in [3.05, 3.63) is 42.1 Å². The third-order valence-corrected chi connectivity index (χ3v) is 2.56. The number of nitrogens with zero attached hydrogens (tertiary/aromatic N) is 1. The first-order chi connectivity index (χ1) is 9.10. The minimum absolute atomic E-state index is 0.371. The van der Waals surface area contributed by atoms with E-state index >= 15 is 0 Å². The van der Waals surface area contributed by atoms with Crippen LogP contribution < -0.4 is 21.5 Å². The molecule has 0 spiro atoms. The molecule has 0 bridgehead atoms. The normalized spacial score (nSPS) is 9.95. The molecule has 19 heavy (non-hydrogen) atoms. The zero-order valence-corrected chi connectivity index (χ0v) is 10.4. The van der Waals surface area contributed by atoms with E-state index in [9.17, 15) is 4.79 Å². The predicted molar refractivity (Wildman–Crippen MR) is 73.4 cm³/mol. The van der Waals surface area contributed by atoms with Crippen LogP contribution in [0.2, 0.25) is 0 Å². The molecule has 0 aliphatic rings. The number of pyridine rings is 1. The van der Waals surface area contributed by atoms with Crippen LogP contribution in [0.4, 0.5) is 17.1 Å². The number of methoxy groups -OCH3 is 1. The average molecular weight is 258 g/mol. The summed E-state index contributed by atoms with van der Waals surface area (Å²) >= 11 is 0. The van der Waals surface area contributed by atoms with Crippen LogP contribution in [0, 0.1) is 0 Å². The minimum atomic E-state index is -0.510. The molecule has 2 rings (SSSR count). The molecular weight excluding hydrogens is 244 g/mol. The maximum absolute atomic E-state index is 11.0. The Morgan fingerprint density at radius 1 is 1.32 bits per heavy atom. The maximum atomic E-state index is 11.0.